The molecule has 178 valence electrons. The first-order chi connectivity index (χ1) is 17.0. The van der Waals surface area contributed by atoms with Crippen LogP contribution in [0.4, 0.5) is 9.39 Å². The molecular formula is C27H24FN3O3S. The van der Waals surface area contributed by atoms with Crippen molar-refractivity contribution in [2.75, 3.05) is 5.32 Å². The largest absolute Gasteiger partial charge is 0.355 e. The van der Waals surface area contributed by atoms with Gasteiger partial charge in [0, 0.05) is 23.1 Å². The van der Waals surface area contributed by atoms with Crippen molar-refractivity contribution in [3.63, 3.8) is 0 Å². The number of rotatable bonds is 6. The molecule has 5 rings (SSSR count). The van der Waals surface area contributed by atoms with Crippen LogP contribution in [0.5, 0.6) is 0 Å². The minimum Gasteiger partial charge on any atom is -0.355 e. The monoisotopic (exact) mass is 489 g/mol. The topological polar surface area (TPSA) is 84.2 Å². The molecule has 0 bridgehead atoms. The van der Waals surface area contributed by atoms with Crippen LogP contribution in [0, 0.1) is 12.7 Å². The second-order valence-corrected chi connectivity index (χ2v) is 9.68. The van der Waals surface area contributed by atoms with E-state index in [1.54, 1.807) is 19.1 Å². The normalized spacial score (nSPS) is 12.7. The molecule has 0 saturated heterocycles. The van der Waals surface area contributed by atoms with Gasteiger partial charge < -0.3 is 15.2 Å². The highest BCUT2D eigenvalue weighted by Gasteiger charge is 2.27. The van der Waals surface area contributed by atoms with Gasteiger partial charge in [0.15, 0.2) is 11.5 Å². The van der Waals surface area contributed by atoms with Crippen LogP contribution in [0.25, 0.3) is 11.3 Å². The summed E-state index contributed by atoms with van der Waals surface area (Å²) in [6, 6.07) is 15.9. The third kappa shape index (κ3) is 4.88. The number of halogens is 1. The highest BCUT2D eigenvalue weighted by atomic mass is 32.1. The lowest BCUT2D eigenvalue weighted by Crippen LogP contribution is -2.25. The summed E-state index contributed by atoms with van der Waals surface area (Å²) in [5, 5.41) is 10.2. The molecule has 2 aromatic heterocycles. The molecule has 0 spiro atoms. The third-order valence-corrected chi connectivity index (χ3v) is 7.33. The highest BCUT2D eigenvalue weighted by molar-refractivity contribution is 7.17. The van der Waals surface area contributed by atoms with Crippen molar-refractivity contribution in [3.8, 4) is 11.3 Å². The van der Waals surface area contributed by atoms with E-state index in [2.05, 4.69) is 15.8 Å². The molecule has 0 unspecified atom stereocenters. The first kappa shape index (κ1) is 23.0. The Kier molecular flexibility index (Phi) is 6.46. The van der Waals surface area contributed by atoms with E-state index in [0.717, 1.165) is 41.7 Å². The summed E-state index contributed by atoms with van der Waals surface area (Å²) >= 11 is 1.44. The third-order valence-electron chi connectivity index (χ3n) is 6.12. The summed E-state index contributed by atoms with van der Waals surface area (Å²) in [7, 11) is 0. The first-order valence-electron chi connectivity index (χ1n) is 11.5. The maximum Gasteiger partial charge on any atom is 0.278 e. The maximum atomic E-state index is 13.9. The molecule has 2 amide bonds. The lowest BCUT2D eigenvalue weighted by atomic mass is 9.95. The number of fused-ring (bicyclic) bond motifs is 1. The standard InChI is InChI=1S/C27H24FN3O3S/c1-16-11-12-18(13-20(16)28)22-14-21(31-34-22)25(32)30-27-24(19-9-5-6-10-23(19)35-27)26(33)29-15-17-7-3-2-4-8-17/h2-4,7-8,11-14H,5-6,9-10,15H2,1H3,(H,29,33)(H,30,32). The Bertz CT molecular complexity index is 1390. The fourth-order valence-corrected chi connectivity index (χ4v) is 5.47. The van der Waals surface area contributed by atoms with E-state index in [0.29, 0.717) is 34.0 Å². The van der Waals surface area contributed by atoms with Gasteiger partial charge in [-0.15, -0.1) is 11.3 Å². The Morgan fingerprint density at radius 2 is 1.86 bits per heavy atom. The number of carbonyl (C=O) groups excluding carboxylic acids is 2. The van der Waals surface area contributed by atoms with Gasteiger partial charge in [-0.2, -0.15) is 0 Å². The van der Waals surface area contributed by atoms with Gasteiger partial charge in [0.25, 0.3) is 11.8 Å². The van der Waals surface area contributed by atoms with Gasteiger partial charge in [-0.1, -0.05) is 47.6 Å². The number of hydrogen-bond acceptors (Lipinski definition) is 5. The molecule has 35 heavy (non-hydrogen) atoms. The van der Waals surface area contributed by atoms with Crippen LogP contribution >= 0.6 is 11.3 Å². The number of hydrogen-bond donors (Lipinski definition) is 2. The lowest BCUT2D eigenvalue weighted by Gasteiger charge is -2.13. The summed E-state index contributed by atoms with van der Waals surface area (Å²) in [5.74, 6) is -0.761. The zero-order chi connectivity index (χ0) is 24.4. The van der Waals surface area contributed by atoms with E-state index >= 15 is 0 Å². The summed E-state index contributed by atoms with van der Waals surface area (Å²) in [6.07, 6.45) is 3.77. The Morgan fingerprint density at radius 3 is 2.66 bits per heavy atom. The van der Waals surface area contributed by atoms with E-state index in [9.17, 15) is 14.0 Å². The van der Waals surface area contributed by atoms with Crippen molar-refractivity contribution >= 4 is 28.2 Å². The van der Waals surface area contributed by atoms with Gasteiger partial charge in [0.1, 0.15) is 10.8 Å². The van der Waals surface area contributed by atoms with Crippen molar-refractivity contribution in [3.05, 3.63) is 93.2 Å². The summed E-state index contributed by atoms with van der Waals surface area (Å²) in [4.78, 5) is 27.4. The number of benzene rings is 2. The quantitative estimate of drug-likeness (QED) is 0.353. The molecule has 0 saturated carbocycles. The Hall–Kier alpha value is -3.78. The van der Waals surface area contributed by atoms with Gasteiger partial charge >= 0.3 is 0 Å². The molecule has 2 N–H and O–H groups in total. The smallest absolute Gasteiger partial charge is 0.278 e. The van der Waals surface area contributed by atoms with E-state index in [-0.39, 0.29) is 17.4 Å². The predicted octanol–water partition coefficient (Wildman–Crippen LogP) is 5.91. The second kappa shape index (κ2) is 9.84. The number of amides is 2. The molecular weight excluding hydrogens is 465 g/mol. The molecule has 0 aliphatic heterocycles. The second-order valence-electron chi connectivity index (χ2n) is 8.58. The maximum absolute atomic E-state index is 13.9. The van der Waals surface area contributed by atoms with Crippen LogP contribution in [-0.2, 0) is 19.4 Å². The van der Waals surface area contributed by atoms with Crippen LogP contribution < -0.4 is 10.6 Å². The number of thiophene rings is 1. The van der Waals surface area contributed by atoms with Crippen molar-refractivity contribution in [1.82, 2.24) is 10.5 Å². The average molecular weight is 490 g/mol. The molecule has 1 aliphatic rings. The molecule has 4 aromatic rings. The number of nitrogens with one attached hydrogen (secondary N) is 2. The summed E-state index contributed by atoms with van der Waals surface area (Å²) in [5.41, 5.74) is 3.61. The summed E-state index contributed by atoms with van der Waals surface area (Å²) in [6.45, 7) is 2.07. The van der Waals surface area contributed by atoms with Gasteiger partial charge in [-0.3, -0.25) is 9.59 Å². The Labute approximate surface area is 206 Å². The summed E-state index contributed by atoms with van der Waals surface area (Å²) < 4.78 is 19.2. The van der Waals surface area contributed by atoms with Crippen LogP contribution in [0.2, 0.25) is 0 Å². The van der Waals surface area contributed by atoms with Crippen molar-refractivity contribution in [2.45, 2.75) is 39.2 Å². The number of carbonyl (C=O) groups is 2. The van der Waals surface area contributed by atoms with Crippen LogP contribution in [0.15, 0.2) is 59.1 Å². The molecule has 1 aliphatic carbocycles. The van der Waals surface area contributed by atoms with Crippen molar-refractivity contribution in [2.24, 2.45) is 0 Å². The fraction of sp³-hybridized carbons (Fsp3) is 0.222. The van der Waals surface area contributed by atoms with E-state index in [4.69, 9.17) is 4.52 Å². The number of aryl methyl sites for hydroxylation is 2. The molecule has 2 heterocycles. The van der Waals surface area contributed by atoms with E-state index < -0.39 is 5.91 Å². The Balaban J connectivity index is 1.37. The zero-order valence-corrected chi connectivity index (χ0v) is 20.0. The highest BCUT2D eigenvalue weighted by Crippen LogP contribution is 2.38. The number of anilines is 1. The Morgan fingerprint density at radius 1 is 1.06 bits per heavy atom. The molecule has 2 aromatic carbocycles. The van der Waals surface area contributed by atoms with Gasteiger partial charge in [-0.25, -0.2) is 4.39 Å². The fourth-order valence-electron chi connectivity index (χ4n) is 4.19. The van der Waals surface area contributed by atoms with Crippen LogP contribution in [-0.4, -0.2) is 17.0 Å². The number of nitrogens with zero attached hydrogens (tertiary/aromatic N) is 1. The molecule has 6 nitrogen and oxygen atoms in total. The van der Waals surface area contributed by atoms with E-state index in [1.165, 1.54) is 23.5 Å². The van der Waals surface area contributed by atoms with E-state index in [1.807, 2.05) is 30.3 Å². The lowest BCUT2D eigenvalue weighted by molar-refractivity contribution is 0.0951. The van der Waals surface area contributed by atoms with Crippen LogP contribution in [0.3, 0.4) is 0 Å². The van der Waals surface area contributed by atoms with Crippen molar-refractivity contribution in [1.29, 1.82) is 0 Å². The molecule has 0 fully saturated rings. The SMILES string of the molecule is Cc1ccc(-c2cc(C(=O)Nc3sc4c(c3C(=O)NCc3ccccc3)CCCC4)no2)cc1F. The van der Waals surface area contributed by atoms with Gasteiger partial charge in [0.2, 0.25) is 0 Å². The molecule has 8 heteroatoms. The first-order valence-corrected chi connectivity index (χ1v) is 12.3. The van der Waals surface area contributed by atoms with Crippen molar-refractivity contribution < 1.29 is 18.5 Å². The minimum absolute atomic E-state index is 0.0583. The number of aromatic nitrogens is 1. The zero-order valence-electron chi connectivity index (χ0n) is 19.2. The predicted molar refractivity (Wildman–Crippen MR) is 133 cm³/mol. The molecule has 0 radical (unpaired) electrons. The van der Waals surface area contributed by atoms with Gasteiger partial charge in [-0.05, 0) is 55.4 Å². The van der Waals surface area contributed by atoms with Gasteiger partial charge in [0.05, 0.1) is 5.56 Å². The average Bonchev–Trinajstić information content (AvgIpc) is 3.50. The molecule has 0 atom stereocenters. The minimum atomic E-state index is -0.483. The van der Waals surface area contributed by atoms with Crippen LogP contribution in [0.1, 0.15) is 55.3 Å².